The van der Waals surface area contributed by atoms with Crippen LogP contribution in [-0.2, 0) is 25.7 Å². The molecule has 9 heteroatoms. The summed E-state index contributed by atoms with van der Waals surface area (Å²) in [6, 6.07) is 0. The second-order valence-corrected chi connectivity index (χ2v) is 12.5. The summed E-state index contributed by atoms with van der Waals surface area (Å²) in [6.45, 7) is 4.26. The van der Waals surface area contributed by atoms with Crippen molar-refractivity contribution >= 4 is 54.9 Å². The number of aromatic nitrogens is 4. The zero-order valence-electron chi connectivity index (χ0n) is 18.0. The van der Waals surface area contributed by atoms with Crippen molar-refractivity contribution in [3.8, 4) is 0 Å². The topological polar surface area (TPSA) is 91.5 Å². The molecule has 166 valence electrons. The Kier molecular flexibility index (Phi) is 5.04. The number of fused-ring (bicyclic) bond motifs is 6. The number of thioether (sulfide) groups is 1. The molecule has 0 saturated carbocycles. The highest BCUT2D eigenvalue weighted by atomic mass is 32.2. The highest BCUT2D eigenvalue weighted by Gasteiger charge is 2.25. The van der Waals surface area contributed by atoms with Gasteiger partial charge in [0.1, 0.15) is 15.5 Å². The molecule has 2 atom stereocenters. The van der Waals surface area contributed by atoms with Gasteiger partial charge in [-0.25, -0.2) is 9.97 Å². The summed E-state index contributed by atoms with van der Waals surface area (Å²) < 4.78 is 0. The van der Waals surface area contributed by atoms with Gasteiger partial charge in [-0.2, -0.15) is 0 Å². The van der Waals surface area contributed by atoms with Crippen LogP contribution < -0.4 is 11.1 Å². The van der Waals surface area contributed by atoms with Gasteiger partial charge in [0.2, 0.25) is 0 Å². The summed E-state index contributed by atoms with van der Waals surface area (Å²) in [6.07, 6.45) is 7.45. The van der Waals surface area contributed by atoms with Gasteiger partial charge in [-0.15, -0.1) is 22.7 Å². The third-order valence-corrected chi connectivity index (χ3v) is 9.99. The molecule has 6 nitrogen and oxygen atoms in total. The van der Waals surface area contributed by atoms with Crippen molar-refractivity contribution in [2.75, 3.05) is 0 Å². The highest BCUT2D eigenvalue weighted by Crippen LogP contribution is 2.38. The van der Waals surface area contributed by atoms with E-state index < -0.39 is 0 Å². The third kappa shape index (κ3) is 3.36. The Hall–Kier alpha value is -1.97. The molecule has 0 spiro atoms. The molecule has 4 aromatic rings. The van der Waals surface area contributed by atoms with Crippen molar-refractivity contribution < 1.29 is 0 Å². The maximum Gasteiger partial charge on any atom is 0.260 e. The number of rotatable bonds is 3. The minimum absolute atomic E-state index is 0.0488. The number of aryl methyl sites for hydroxylation is 3. The summed E-state index contributed by atoms with van der Waals surface area (Å²) in [5.74, 6) is 1.29. The van der Waals surface area contributed by atoms with Gasteiger partial charge in [-0.3, -0.25) is 9.59 Å². The Morgan fingerprint density at radius 2 is 1.62 bits per heavy atom. The molecule has 0 fully saturated rings. The van der Waals surface area contributed by atoms with Crippen molar-refractivity contribution in [1.82, 2.24) is 19.9 Å². The number of hydrogen-bond donors (Lipinski definition) is 2. The van der Waals surface area contributed by atoms with E-state index in [0.29, 0.717) is 16.9 Å². The van der Waals surface area contributed by atoms with Crippen LogP contribution in [0.2, 0.25) is 0 Å². The number of nitrogens with zero attached hydrogens (tertiary/aromatic N) is 2. The molecule has 4 aromatic heterocycles. The van der Waals surface area contributed by atoms with E-state index in [1.807, 2.05) is 6.92 Å². The first-order valence-electron chi connectivity index (χ1n) is 11.2. The summed E-state index contributed by atoms with van der Waals surface area (Å²) in [5, 5.41) is 1.99. The lowest BCUT2D eigenvalue weighted by Gasteiger charge is -2.17. The summed E-state index contributed by atoms with van der Waals surface area (Å²) in [7, 11) is 0. The zero-order valence-corrected chi connectivity index (χ0v) is 20.5. The van der Waals surface area contributed by atoms with Crippen molar-refractivity contribution in [2.45, 2.75) is 69.2 Å². The molecule has 0 amide bonds. The second kappa shape index (κ2) is 7.81. The van der Waals surface area contributed by atoms with Crippen LogP contribution in [0.3, 0.4) is 0 Å². The monoisotopic (exact) mass is 484 g/mol. The van der Waals surface area contributed by atoms with E-state index in [9.17, 15) is 9.59 Å². The minimum atomic E-state index is -0.139. The van der Waals surface area contributed by atoms with E-state index in [1.165, 1.54) is 39.1 Å². The molecule has 0 aliphatic heterocycles. The van der Waals surface area contributed by atoms with E-state index in [4.69, 9.17) is 9.97 Å². The first-order chi connectivity index (χ1) is 15.5. The molecule has 2 aliphatic rings. The number of nitrogens with one attached hydrogen (secondary N) is 2. The van der Waals surface area contributed by atoms with E-state index >= 15 is 0 Å². The lowest BCUT2D eigenvalue weighted by atomic mass is 9.89. The Labute approximate surface area is 196 Å². The Morgan fingerprint density at radius 1 is 0.938 bits per heavy atom. The Balaban J connectivity index is 1.34. The van der Waals surface area contributed by atoms with E-state index in [2.05, 4.69) is 16.9 Å². The van der Waals surface area contributed by atoms with Crippen LogP contribution in [-0.4, -0.2) is 19.9 Å². The number of hydrogen-bond acceptors (Lipinski definition) is 7. The van der Waals surface area contributed by atoms with Gasteiger partial charge in [-0.1, -0.05) is 18.7 Å². The van der Waals surface area contributed by atoms with Crippen molar-refractivity contribution in [1.29, 1.82) is 0 Å². The van der Waals surface area contributed by atoms with Crippen molar-refractivity contribution in [2.24, 2.45) is 5.92 Å². The molecule has 2 N–H and O–H groups in total. The largest absolute Gasteiger partial charge is 0.309 e. The number of H-pyrrole nitrogens is 2. The highest BCUT2D eigenvalue weighted by molar-refractivity contribution is 7.99. The zero-order chi connectivity index (χ0) is 22.0. The molecule has 0 unspecified atom stereocenters. The molecule has 0 aromatic carbocycles. The van der Waals surface area contributed by atoms with Gasteiger partial charge in [0.25, 0.3) is 11.1 Å². The fourth-order valence-electron chi connectivity index (χ4n) is 4.98. The summed E-state index contributed by atoms with van der Waals surface area (Å²) >= 11 is 4.75. The summed E-state index contributed by atoms with van der Waals surface area (Å²) in [5.41, 5.74) is 2.29. The van der Waals surface area contributed by atoms with Crippen molar-refractivity contribution in [3.63, 3.8) is 0 Å². The quantitative estimate of drug-likeness (QED) is 0.310. The molecule has 32 heavy (non-hydrogen) atoms. The number of aromatic amines is 2. The third-order valence-electron chi connectivity index (χ3n) is 6.66. The smallest absolute Gasteiger partial charge is 0.260 e. The SMILES string of the molecule is C[C@H]1CCc2c(sc3nc([C@H](C)Sc4nc5sc6c(c5c(=O)[nH]4)CCCC6)[nH]c(=O)c23)C1. The van der Waals surface area contributed by atoms with Crippen LogP contribution in [0.15, 0.2) is 14.7 Å². The van der Waals surface area contributed by atoms with Gasteiger partial charge >= 0.3 is 0 Å². The fraction of sp³-hybridized carbons (Fsp3) is 0.478. The molecule has 2 aliphatic carbocycles. The average Bonchev–Trinajstić information content (AvgIpc) is 3.31. The summed E-state index contributed by atoms with van der Waals surface area (Å²) in [4.78, 5) is 45.6. The second-order valence-electron chi connectivity index (χ2n) is 9.01. The average molecular weight is 485 g/mol. The molecule has 6 rings (SSSR count). The molecule has 0 bridgehead atoms. The van der Waals surface area contributed by atoms with Crippen LogP contribution in [0, 0.1) is 5.92 Å². The normalized spacial score (nSPS) is 19.2. The van der Waals surface area contributed by atoms with Crippen LogP contribution in [0.25, 0.3) is 20.4 Å². The minimum Gasteiger partial charge on any atom is -0.309 e. The maximum atomic E-state index is 12.9. The number of thiophene rings is 2. The van der Waals surface area contributed by atoms with Gasteiger partial charge in [-0.05, 0) is 68.9 Å². The van der Waals surface area contributed by atoms with Crippen LogP contribution in [0.1, 0.15) is 65.1 Å². The van der Waals surface area contributed by atoms with E-state index in [-0.39, 0.29) is 16.4 Å². The van der Waals surface area contributed by atoms with E-state index in [0.717, 1.165) is 59.0 Å². The van der Waals surface area contributed by atoms with Gasteiger partial charge in [0.15, 0.2) is 5.16 Å². The first kappa shape index (κ1) is 20.6. The standard InChI is InChI=1S/C23H24N4O2S3/c1-10-7-8-13-15(9-10)32-21-17(13)19(28)24-18(25-21)11(2)30-23-26-20(29)16-12-5-3-4-6-14(12)31-22(16)27-23/h10-11H,3-9H2,1-2H3,(H,24,25,28)(H,26,27,29)/t10-,11-/m0/s1. The molecule has 0 radical (unpaired) electrons. The molecule has 0 saturated heterocycles. The first-order valence-corrected chi connectivity index (χ1v) is 13.7. The molecule has 4 heterocycles. The molecular formula is C23H24N4O2S3. The van der Waals surface area contributed by atoms with E-state index in [1.54, 1.807) is 22.7 Å². The Morgan fingerprint density at radius 3 is 2.47 bits per heavy atom. The predicted octanol–water partition coefficient (Wildman–Crippen LogP) is 5.14. The van der Waals surface area contributed by atoms with Crippen LogP contribution >= 0.6 is 34.4 Å². The predicted molar refractivity (Wildman–Crippen MR) is 133 cm³/mol. The van der Waals surface area contributed by atoms with Crippen LogP contribution in [0.5, 0.6) is 0 Å². The van der Waals surface area contributed by atoms with Crippen LogP contribution in [0.4, 0.5) is 0 Å². The maximum absolute atomic E-state index is 12.9. The van der Waals surface area contributed by atoms with Gasteiger partial charge in [0, 0.05) is 9.75 Å². The Bertz CT molecular complexity index is 1480. The molecular weight excluding hydrogens is 460 g/mol. The van der Waals surface area contributed by atoms with Crippen molar-refractivity contribution in [3.05, 3.63) is 47.4 Å². The fourth-order valence-corrected chi connectivity index (χ4v) is 8.55. The van der Waals surface area contributed by atoms with Gasteiger partial charge in [0.05, 0.1) is 16.0 Å². The lowest BCUT2D eigenvalue weighted by molar-refractivity contribution is 0.509. The lowest BCUT2D eigenvalue weighted by Crippen LogP contribution is -2.15. The van der Waals surface area contributed by atoms with Gasteiger partial charge < -0.3 is 9.97 Å².